The summed E-state index contributed by atoms with van der Waals surface area (Å²) >= 11 is 0. The summed E-state index contributed by atoms with van der Waals surface area (Å²) in [6.45, 7) is 6.97. The molecule has 4 unspecified atom stereocenters. The monoisotopic (exact) mass is 504 g/mol. The molecule has 5 fully saturated rings. The molecule has 1 N–H and O–H groups in total. The molecule has 36 heavy (non-hydrogen) atoms. The van der Waals surface area contributed by atoms with E-state index in [0.717, 1.165) is 31.1 Å². The summed E-state index contributed by atoms with van der Waals surface area (Å²) in [7, 11) is 3.26. The van der Waals surface area contributed by atoms with Crippen LogP contribution in [0.5, 0.6) is 0 Å². The van der Waals surface area contributed by atoms with Gasteiger partial charge in [0, 0.05) is 19.6 Å². The first-order chi connectivity index (χ1) is 17.2. The maximum absolute atomic E-state index is 13.5. The van der Waals surface area contributed by atoms with Gasteiger partial charge in [0.1, 0.15) is 36.1 Å². The van der Waals surface area contributed by atoms with Crippen LogP contribution in [0.3, 0.4) is 0 Å². The van der Waals surface area contributed by atoms with E-state index in [0.29, 0.717) is 24.9 Å². The first-order valence-electron chi connectivity index (χ1n) is 13.6. The van der Waals surface area contributed by atoms with E-state index in [1.165, 1.54) is 0 Å². The lowest BCUT2D eigenvalue weighted by Crippen LogP contribution is -2.64. The molecular formula is C28H40O8. The molecule has 0 amide bonds. The third-order valence-electron chi connectivity index (χ3n) is 11.1. The Labute approximate surface area is 213 Å². The van der Waals surface area contributed by atoms with E-state index in [2.05, 4.69) is 26.8 Å². The van der Waals surface area contributed by atoms with Gasteiger partial charge in [-0.1, -0.05) is 38.8 Å². The van der Waals surface area contributed by atoms with Crippen molar-refractivity contribution < 1.29 is 38.4 Å². The van der Waals surface area contributed by atoms with Crippen LogP contribution in [0, 0.1) is 45.8 Å². The normalized spacial score (nSPS) is 52.2. The number of rotatable bonds is 9. The van der Waals surface area contributed by atoms with Gasteiger partial charge in [-0.3, -0.25) is 4.79 Å². The Bertz CT molecular complexity index is 963. The second-order valence-corrected chi connectivity index (χ2v) is 12.6. The summed E-state index contributed by atoms with van der Waals surface area (Å²) in [5, 5.41) is 11.1. The molecule has 0 aromatic rings. The van der Waals surface area contributed by atoms with Crippen molar-refractivity contribution in [2.75, 3.05) is 27.4 Å². The number of carbonyl (C=O) groups is 2. The highest BCUT2D eigenvalue weighted by Gasteiger charge is 2.84. The van der Waals surface area contributed by atoms with Gasteiger partial charge in [-0.25, -0.2) is 0 Å². The first-order valence-corrected chi connectivity index (χ1v) is 13.6. The number of carboxylic acid groups (broad SMARTS) is 1. The predicted molar refractivity (Wildman–Crippen MR) is 128 cm³/mol. The molecule has 6 aliphatic rings. The number of carbonyl (C=O) groups excluding carboxylic acids is 1. The molecule has 6 rings (SSSR count). The lowest BCUT2D eigenvalue weighted by Gasteiger charge is -2.58. The largest absolute Gasteiger partial charge is 0.481 e. The van der Waals surface area contributed by atoms with Crippen molar-refractivity contribution in [1.29, 1.82) is 0 Å². The van der Waals surface area contributed by atoms with Gasteiger partial charge in [0.05, 0.1) is 18.6 Å². The fourth-order valence-electron chi connectivity index (χ4n) is 9.74. The van der Waals surface area contributed by atoms with E-state index in [9.17, 15) is 14.7 Å². The molecule has 8 heteroatoms. The van der Waals surface area contributed by atoms with Crippen LogP contribution in [0.4, 0.5) is 0 Å². The van der Waals surface area contributed by atoms with Crippen LogP contribution < -0.4 is 0 Å². The Morgan fingerprint density at radius 1 is 1.22 bits per heavy atom. The van der Waals surface area contributed by atoms with Gasteiger partial charge in [0.25, 0.3) is 0 Å². The van der Waals surface area contributed by atoms with Crippen molar-refractivity contribution in [2.45, 2.75) is 77.2 Å². The second kappa shape index (κ2) is 8.34. The van der Waals surface area contributed by atoms with Crippen LogP contribution in [0.2, 0.25) is 0 Å². The number of ether oxygens (including phenoxy) is 5. The van der Waals surface area contributed by atoms with E-state index in [4.69, 9.17) is 23.7 Å². The zero-order valence-electron chi connectivity index (χ0n) is 22.0. The Balaban J connectivity index is 1.38. The van der Waals surface area contributed by atoms with Crippen LogP contribution in [0.1, 0.15) is 46.5 Å². The van der Waals surface area contributed by atoms with Crippen LogP contribution in [-0.4, -0.2) is 75.5 Å². The molecule has 0 aromatic heterocycles. The molecule has 0 radical (unpaired) electrons. The van der Waals surface area contributed by atoms with Gasteiger partial charge in [-0.2, -0.15) is 0 Å². The minimum Gasteiger partial charge on any atom is -0.481 e. The SMILES string of the molecule is COC[C@H]1O[C@@H](OCC23C[C@@H]4[C@H](C)CC[C@H]4C4(C=O)CC2C=C(C(C)C)C34C(=O)O)[C@H]2O[C@H]2[C@@H]1OC. The average Bonchev–Trinajstić information content (AvgIpc) is 3.44. The highest BCUT2D eigenvalue weighted by molar-refractivity contribution is 5.90. The number of hydrogen-bond acceptors (Lipinski definition) is 7. The summed E-state index contributed by atoms with van der Waals surface area (Å²) in [5.74, 6) is 0.0735. The molecule has 2 saturated heterocycles. The molecule has 2 heterocycles. The van der Waals surface area contributed by atoms with Crippen LogP contribution >= 0.6 is 0 Å². The van der Waals surface area contributed by atoms with Crippen molar-refractivity contribution in [2.24, 2.45) is 45.8 Å². The topological polar surface area (TPSA) is 104 Å². The van der Waals surface area contributed by atoms with Crippen LogP contribution in [0.25, 0.3) is 0 Å². The minimum absolute atomic E-state index is 0.00463. The Morgan fingerprint density at radius 3 is 2.64 bits per heavy atom. The van der Waals surface area contributed by atoms with E-state index in [1.54, 1.807) is 14.2 Å². The Morgan fingerprint density at radius 2 is 2.00 bits per heavy atom. The van der Waals surface area contributed by atoms with Crippen LogP contribution in [-0.2, 0) is 33.3 Å². The second-order valence-electron chi connectivity index (χ2n) is 12.6. The minimum atomic E-state index is -1.24. The lowest BCUT2D eigenvalue weighted by atomic mass is 9.43. The molecule has 3 saturated carbocycles. The third kappa shape index (κ3) is 2.83. The van der Waals surface area contributed by atoms with Crippen molar-refractivity contribution in [3.8, 4) is 0 Å². The van der Waals surface area contributed by atoms with Gasteiger partial charge in [0.15, 0.2) is 6.29 Å². The number of aliphatic carboxylic acids is 1. The predicted octanol–water partition coefficient (Wildman–Crippen LogP) is 3.08. The van der Waals surface area contributed by atoms with Gasteiger partial charge >= 0.3 is 5.97 Å². The summed E-state index contributed by atoms with van der Waals surface area (Å²) in [5.41, 5.74) is -1.89. The molecular weight excluding hydrogens is 464 g/mol. The maximum atomic E-state index is 13.5. The van der Waals surface area contributed by atoms with Crippen LogP contribution in [0.15, 0.2) is 11.6 Å². The first kappa shape index (κ1) is 25.0. The van der Waals surface area contributed by atoms with E-state index >= 15 is 0 Å². The van der Waals surface area contributed by atoms with Crippen molar-refractivity contribution in [3.63, 3.8) is 0 Å². The zero-order chi connectivity index (χ0) is 25.6. The number of fused-ring (bicyclic) bond motifs is 3. The van der Waals surface area contributed by atoms with Gasteiger partial charge in [-0.15, -0.1) is 0 Å². The van der Waals surface area contributed by atoms with E-state index < -0.39 is 28.5 Å². The maximum Gasteiger partial charge on any atom is 0.315 e. The van der Waals surface area contributed by atoms with E-state index in [1.807, 2.05) is 0 Å². The lowest BCUT2D eigenvalue weighted by molar-refractivity contribution is -0.246. The summed E-state index contributed by atoms with van der Waals surface area (Å²) in [6.07, 6.45) is 5.05. The number of epoxide rings is 1. The number of hydrogen-bond donors (Lipinski definition) is 1. The molecule has 2 aliphatic heterocycles. The van der Waals surface area contributed by atoms with Gasteiger partial charge in [0.2, 0.25) is 0 Å². The van der Waals surface area contributed by atoms with Crippen molar-refractivity contribution >= 4 is 12.3 Å². The standard InChI is InChI=1S/C28H40O8/c1-14(2)19-8-16-9-26(12-29)18-7-6-15(3)17(18)10-27(16,28(19,26)25(30)31)13-34-24-23-22(36-23)21(33-5)20(35-24)11-32-4/h8,12,14-18,20-24H,6-7,9-11,13H2,1-5H3,(H,30,31)/t15-,16?,17-,18-,20-,21-,22+,23+,24-,26?,27?,28?/m1/s1. The number of aldehydes is 1. The fourth-order valence-corrected chi connectivity index (χ4v) is 9.74. The van der Waals surface area contributed by atoms with E-state index in [-0.39, 0.29) is 48.8 Å². The van der Waals surface area contributed by atoms with Crippen molar-refractivity contribution in [1.82, 2.24) is 0 Å². The molecule has 4 aliphatic carbocycles. The van der Waals surface area contributed by atoms with Gasteiger partial charge in [-0.05, 0) is 48.9 Å². The molecule has 12 atom stereocenters. The average molecular weight is 505 g/mol. The Kier molecular flexibility index (Phi) is 5.79. The quantitative estimate of drug-likeness (QED) is 0.290. The molecule has 4 bridgehead atoms. The molecule has 200 valence electrons. The summed E-state index contributed by atoms with van der Waals surface area (Å²) in [4.78, 5) is 26.7. The zero-order valence-corrected chi connectivity index (χ0v) is 22.0. The smallest absolute Gasteiger partial charge is 0.315 e. The number of methoxy groups -OCH3 is 2. The number of carboxylic acids is 1. The highest BCUT2D eigenvalue weighted by atomic mass is 16.8. The third-order valence-corrected chi connectivity index (χ3v) is 11.1. The van der Waals surface area contributed by atoms with Crippen molar-refractivity contribution in [3.05, 3.63) is 11.6 Å². The highest BCUT2D eigenvalue weighted by Crippen LogP contribution is 2.82. The van der Waals surface area contributed by atoms with Gasteiger partial charge < -0.3 is 33.6 Å². The molecule has 0 spiro atoms. The fraction of sp³-hybridized carbons (Fsp3) is 0.857. The summed E-state index contributed by atoms with van der Waals surface area (Å²) < 4.78 is 29.7. The molecule has 0 aromatic carbocycles. The number of allylic oxidation sites excluding steroid dienone is 1. The molecule has 8 nitrogen and oxygen atoms in total. The Hall–Kier alpha value is -1.32. The summed E-state index contributed by atoms with van der Waals surface area (Å²) in [6, 6.07) is 0.